The molecule has 0 heterocycles. The molecule has 2 aromatic carbocycles. The van der Waals surface area contributed by atoms with Crippen molar-refractivity contribution in [2.75, 3.05) is 17.7 Å². The highest BCUT2D eigenvalue weighted by molar-refractivity contribution is 9.10. The van der Waals surface area contributed by atoms with Crippen molar-refractivity contribution in [1.29, 1.82) is 0 Å². The molecule has 2 amide bonds. The number of nitrogens with one attached hydrogen (secondary N) is 2. The highest BCUT2D eigenvalue weighted by Gasteiger charge is 2.09. The summed E-state index contributed by atoms with van der Waals surface area (Å²) in [5, 5.41) is 5.28. The SMILES string of the molecule is COc1ccc(NC(=O)Nc2cc(F)c(Br)cc2C)cc1. The number of hydrogen-bond acceptors (Lipinski definition) is 2. The van der Waals surface area contributed by atoms with E-state index in [0.29, 0.717) is 21.6 Å². The fraction of sp³-hybridized carbons (Fsp3) is 0.133. The maximum Gasteiger partial charge on any atom is 0.323 e. The van der Waals surface area contributed by atoms with Gasteiger partial charge in [-0.05, 0) is 64.8 Å². The van der Waals surface area contributed by atoms with Gasteiger partial charge in [0.2, 0.25) is 0 Å². The molecule has 0 spiro atoms. The standard InChI is InChI=1S/C15H14BrFN2O2/c1-9-7-12(16)13(17)8-14(9)19-15(20)18-10-3-5-11(21-2)6-4-10/h3-8H,1-2H3,(H2,18,19,20). The van der Waals surface area contributed by atoms with Crippen molar-refractivity contribution in [2.45, 2.75) is 6.92 Å². The van der Waals surface area contributed by atoms with Crippen molar-refractivity contribution in [3.8, 4) is 5.75 Å². The van der Waals surface area contributed by atoms with E-state index in [0.717, 1.165) is 5.56 Å². The first-order valence-corrected chi connectivity index (χ1v) is 6.96. The molecule has 110 valence electrons. The maximum absolute atomic E-state index is 13.5. The van der Waals surface area contributed by atoms with E-state index in [-0.39, 0.29) is 0 Å². The van der Waals surface area contributed by atoms with Crippen LogP contribution in [0.15, 0.2) is 40.9 Å². The lowest BCUT2D eigenvalue weighted by Gasteiger charge is -2.11. The first kappa shape index (κ1) is 15.3. The number of amides is 2. The molecule has 0 saturated heterocycles. The second-order valence-corrected chi connectivity index (χ2v) is 5.24. The van der Waals surface area contributed by atoms with Crippen LogP contribution < -0.4 is 15.4 Å². The van der Waals surface area contributed by atoms with Gasteiger partial charge in [0.15, 0.2) is 0 Å². The molecule has 0 radical (unpaired) electrons. The molecule has 0 aliphatic heterocycles. The Bertz CT molecular complexity index is 659. The molecule has 0 bridgehead atoms. The van der Waals surface area contributed by atoms with Crippen LogP contribution in [0.4, 0.5) is 20.6 Å². The van der Waals surface area contributed by atoms with Crippen molar-refractivity contribution >= 4 is 33.3 Å². The van der Waals surface area contributed by atoms with Crippen molar-refractivity contribution < 1.29 is 13.9 Å². The molecule has 0 aromatic heterocycles. The Kier molecular flexibility index (Phi) is 4.80. The molecule has 2 rings (SSSR count). The second kappa shape index (κ2) is 6.58. The number of aryl methyl sites for hydroxylation is 1. The van der Waals surface area contributed by atoms with Crippen LogP contribution in [-0.2, 0) is 0 Å². The summed E-state index contributed by atoms with van der Waals surface area (Å²) in [5.41, 5.74) is 1.79. The van der Waals surface area contributed by atoms with Crippen molar-refractivity contribution in [3.63, 3.8) is 0 Å². The van der Waals surface area contributed by atoms with Crippen LogP contribution in [0.3, 0.4) is 0 Å². The Labute approximate surface area is 130 Å². The van der Waals surface area contributed by atoms with Gasteiger partial charge in [0.05, 0.1) is 11.6 Å². The van der Waals surface area contributed by atoms with Gasteiger partial charge in [0.1, 0.15) is 11.6 Å². The van der Waals surface area contributed by atoms with Gasteiger partial charge in [0.25, 0.3) is 0 Å². The molecule has 0 fully saturated rings. The van der Waals surface area contributed by atoms with E-state index >= 15 is 0 Å². The first-order valence-electron chi connectivity index (χ1n) is 6.17. The summed E-state index contributed by atoms with van der Waals surface area (Å²) < 4.78 is 18.9. The van der Waals surface area contributed by atoms with Gasteiger partial charge in [-0.3, -0.25) is 0 Å². The number of benzene rings is 2. The van der Waals surface area contributed by atoms with Gasteiger partial charge in [-0.2, -0.15) is 0 Å². The Balaban J connectivity index is 2.06. The molecule has 0 aliphatic rings. The summed E-state index contributed by atoms with van der Waals surface area (Å²) in [6.07, 6.45) is 0. The van der Waals surface area contributed by atoms with Gasteiger partial charge in [-0.15, -0.1) is 0 Å². The number of carbonyl (C=O) groups excluding carboxylic acids is 1. The molecular weight excluding hydrogens is 339 g/mol. The molecule has 0 saturated carbocycles. The highest BCUT2D eigenvalue weighted by atomic mass is 79.9. The summed E-state index contributed by atoms with van der Waals surface area (Å²) in [4.78, 5) is 11.9. The maximum atomic E-state index is 13.5. The van der Waals surface area contributed by atoms with E-state index in [1.165, 1.54) is 6.07 Å². The zero-order valence-corrected chi connectivity index (χ0v) is 13.1. The van der Waals surface area contributed by atoms with Gasteiger partial charge in [0, 0.05) is 11.4 Å². The van der Waals surface area contributed by atoms with E-state index in [4.69, 9.17) is 4.74 Å². The average molecular weight is 353 g/mol. The first-order chi connectivity index (χ1) is 9.99. The molecule has 0 atom stereocenters. The van der Waals surface area contributed by atoms with Gasteiger partial charge in [-0.1, -0.05) is 0 Å². The van der Waals surface area contributed by atoms with Crippen LogP contribution in [0.2, 0.25) is 0 Å². The summed E-state index contributed by atoms with van der Waals surface area (Å²) >= 11 is 3.10. The number of halogens is 2. The lowest BCUT2D eigenvalue weighted by atomic mass is 10.2. The van der Waals surface area contributed by atoms with E-state index < -0.39 is 11.8 Å². The molecule has 2 N–H and O–H groups in total. The van der Waals surface area contributed by atoms with Crippen LogP contribution >= 0.6 is 15.9 Å². The quantitative estimate of drug-likeness (QED) is 0.851. The monoisotopic (exact) mass is 352 g/mol. The second-order valence-electron chi connectivity index (χ2n) is 4.39. The third-order valence-electron chi connectivity index (χ3n) is 2.86. The number of anilines is 2. The van der Waals surface area contributed by atoms with Gasteiger partial charge >= 0.3 is 6.03 Å². The van der Waals surface area contributed by atoms with E-state index in [1.807, 2.05) is 0 Å². The lowest BCUT2D eigenvalue weighted by molar-refractivity contribution is 0.262. The summed E-state index contributed by atoms with van der Waals surface area (Å²) in [6.45, 7) is 1.78. The van der Waals surface area contributed by atoms with Crippen LogP contribution in [0.25, 0.3) is 0 Å². The molecule has 4 nitrogen and oxygen atoms in total. The van der Waals surface area contributed by atoms with Gasteiger partial charge in [-0.25, -0.2) is 9.18 Å². The molecule has 6 heteroatoms. The van der Waals surface area contributed by atoms with Crippen molar-refractivity contribution in [3.05, 3.63) is 52.3 Å². The van der Waals surface area contributed by atoms with E-state index in [1.54, 1.807) is 44.4 Å². The fourth-order valence-corrected chi connectivity index (χ4v) is 2.20. The summed E-state index contributed by atoms with van der Waals surface area (Å²) in [7, 11) is 1.57. The van der Waals surface area contributed by atoms with Crippen LogP contribution in [0, 0.1) is 12.7 Å². The summed E-state index contributed by atoms with van der Waals surface area (Å²) in [5.74, 6) is 0.270. The smallest absolute Gasteiger partial charge is 0.323 e. The zero-order chi connectivity index (χ0) is 15.4. The third kappa shape index (κ3) is 3.95. The Morgan fingerprint density at radius 1 is 1.19 bits per heavy atom. The van der Waals surface area contributed by atoms with E-state index in [9.17, 15) is 9.18 Å². The Morgan fingerprint density at radius 3 is 2.48 bits per heavy atom. The number of rotatable bonds is 3. The minimum absolute atomic E-state index is 0.362. The normalized spacial score (nSPS) is 10.1. The van der Waals surface area contributed by atoms with Crippen molar-refractivity contribution in [2.24, 2.45) is 0 Å². The minimum Gasteiger partial charge on any atom is -0.497 e. The van der Waals surface area contributed by atoms with E-state index in [2.05, 4.69) is 26.6 Å². The average Bonchev–Trinajstić information content (AvgIpc) is 2.45. The molecule has 21 heavy (non-hydrogen) atoms. The number of hydrogen-bond donors (Lipinski definition) is 2. The molecule has 0 aliphatic carbocycles. The highest BCUT2D eigenvalue weighted by Crippen LogP contribution is 2.24. The largest absolute Gasteiger partial charge is 0.497 e. The predicted octanol–water partition coefficient (Wildman–Crippen LogP) is 4.55. The third-order valence-corrected chi connectivity index (χ3v) is 3.47. The Morgan fingerprint density at radius 2 is 1.86 bits per heavy atom. The zero-order valence-electron chi connectivity index (χ0n) is 11.5. The summed E-state index contributed by atoms with van der Waals surface area (Å²) in [6, 6.07) is 9.34. The van der Waals surface area contributed by atoms with Crippen LogP contribution in [0.5, 0.6) is 5.75 Å². The molecule has 2 aromatic rings. The van der Waals surface area contributed by atoms with Crippen molar-refractivity contribution in [1.82, 2.24) is 0 Å². The number of carbonyl (C=O) groups is 1. The topological polar surface area (TPSA) is 50.4 Å². The van der Waals surface area contributed by atoms with Crippen LogP contribution in [-0.4, -0.2) is 13.1 Å². The van der Waals surface area contributed by atoms with Gasteiger partial charge < -0.3 is 15.4 Å². The number of ether oxygens (including phenoxy) is 1. The molecule has 0 unspecified atom stereocenters. The lowest BCUT2D eigenvalue weighted by Crippen LogP contribution is -2.20. The number of methoxy groups -OCH3 is 1. The molecular formula is C15H14BrFN2O2. The van der Waals surface area contributed by atoms with Crippen LogP contribution in [0.1, 0.15) is 5.56 Å². The predicted molar refractivity (Wildman–Crippen MR) is 84.5 cm³/mol. The fourth-order valence-electron chi connectivity index (χ4n) is 1.74. The minimum atomic E-state index is -0.440. The number of urea groups is 1. The Hall–Kier alpha value is -2.08.